The number of sulfonamides is 1. The molecule has 1 fully saturated rings. The second-order valence-corrected chi connectivity index (χ2v) is 7.11. The summed E-state index contributed by atoms with van der Waals surface area (Å²) in [5.41, 5.74) is 0.364. The highest BCUT2D eigenvalue weighted by Crippen LogP contribution is 2.27. The first-order chi connectivity index (χ1) is 9.55. The van der Waals surface area contributed by atoms with Gasteiger partial charge >= 0.3 is 0 Å². The van der Waals surface area contributed by atoms with Gasteiger partial charge in [-0.25, -0.2) is 13.1 Å². The van der Waals surface area contributed by atoms with Crippen LogP contribution in [0.4, 0.5) is 0 Å². The van der Waals surface area contributed by atoms with Crippen molar-refractivity contribution in [2.24, 2.45) is 5.92 Å². The summed E-state index contributed by atoms with van der Waals surface area (Å²) in [5, 5.41) is 8.85. The van der Waals surface area contributed by atoms with Gasteiger partial charge in [0.1, 0.15) is 0 Å². The van der Waals surface area contributed by atoms with Crippen LogP contribution in [0.1, 0.15) is 44.6 Å². The third-order valence-electron chi connectivity index (χ3n) is 3.96. The van der Waals surface area contributed by atoms with E-state index in [1.54, 1.807) is 12.1 Å². The summed E-state index contributed by atoms with van der Waals surface area (Å²) < 4.78 is 27.5. The predicted octanol–water partition coefficient (Wildman–Crippen LogP) is 2.81. The van der Waals surface area contributed by atoms with Crippen LogP contribution in [0.5, 0.6) is 0 Å². The minimum Gasteiger partial charge on any atom is -0.208 e. The van der Waals surface area contributed by atoms with Gasteiger partial charge in [0, 0.05) is 6.04 Å². The van der Waals surface area contributed by atoms with Crippen molar-refractivity contribution < 1.29 is 8.42 Å². The van der Waals surface area contributed by atoms with E-state index in [2.05, 4.69) is 11.6 Å². The van der Waals surface area contributed by atoms with E-state index < -0.39 is 10.0 Å². The molecule has 0 amide bonds. The van der Waals surface area contributed by atoms with Gasteiger partial charge in [0.15, 0.2) is 0 Å². The Morgan fingerprint density at radius 2 is 2.20 bits per heavy atom. The number of nitrogens with zero attached hydrogens (tertiary/aromatic N) is 1. The van der Waals surface area contributed by atoms with E-state index in [0.29, 0.717) is 11.5 Å². The Bertz CT molecular complexity index is 605. The molecule has 5 heteroatoms. The highest BCUT2D eigenvalue weighted by Gasteiger charge is 2.25. The predicted molar refractivity (Wildman–Crippen MR) is 77.5 cm³/mol. The third kappa shape index (κ3) is 3.59. The van der Waals surface area contributed by atoms with Crippen LogP contribution in [0.2, 0.25) is 0 Å². The molecular weight excluding hydrogens is 272 g/mol. The summed E-state index contributed by atoms with van der Waals surface area (Å²) >= 11 is 0. The lowest BCUT2D eigenvalue weighted by molar-refractivity contribution is 0.301. The van der Waals surface area contributed by atoms with Crippen molar-refractivity contribution in [1.82, 2.24) is 4.72 Å². The van der Waals surface area contributed by atoms with Crippen LogP contribution in [0, 0.1) is 17.2 Å². The third-order valence-corrected chi connectivity index (χ3v) is 5.47. The van der Waals surface area contributed by atoms with Crippen molar-refractivity contribution in [1.29, 1.82) is 5.26 Å². The number of rotatable bonds is 4. The Morgan fingerprint density at radius 1 is 1.40 bits per heavy atom. The number of nitriles is 1. The van der Waals surface area contributed by atoms with Gasteiger partial charge in [0.05, 0.1) is 16.5 Å². The largest absolute Gasteiger partial charge is 0.240 e. The molecule has 0 saturated heterocycles. The zero-order valence-corrected chi connectivity index (χ0v) is 12.5. The SMILES string of the molecule is CCC1CCCC(NS(=O)(=O)c2cccc(C#N)c2)C1. The summed E-state index contributed by atoms with van der Waals surface area (Å²) in [5.74, 6) is 0.613. The second kappa shape index (κ2) is 6.38. The molecule has 0 aliphatic heterocycles. The molecule has 2 unspecified atom stereocenters. The van der Waals surface area contributed by atoms with Gasteiger partial charge in [-0.3, -0.25) is 0 Å². The number of benzene rings is 1. The maximum atomic E-state index is 12.3. The topological polar surface area (TPSA) is 70.0 Å². The van der Waals surface area contributed by atoms with E-state index in [0.717, 1.165) is 25.7 Å². The summed E-state index contributed by atoms with van der Waals surface area (Å²) in [6.07, 6.45) is 5.17. The lowest BCUT2D eigenvalue weighted by atomic mass is 9.85. The van der Waals surface area contributed by atoms with Gasteiger partial charge in [-0.15, -0.1) is 0 Å². The first kappa shape index (κ1) is 15.0. The molecule has 2 atom stereocenters. The minimum atomic E-state index is -3.53. The van der Waals surface area contributed by atoms with E-state index in [1.165, 1.54) is 18.6 Å². The molecule has 0 aromatic heterocycles. The normalized spacial score (nSPS) is 23.2. The van der Waals surface area contributed by atoms with Gasteiger partial charge in [-0.1, -0.05) is 32.3 Å². The molecule has 1 aliphatic carbocycles. The van der Waals surface area contributed by atoms with Crippen LogP contribution in [0.15, 0.2) is 29.2 Å². The lowest BCUT2D eigenvalue weighted by Crippen LogP contribution is -2.38. The van der Waals surface area contributed by atoms with E-state index in [-0.39, 0.29) is 10.9 Å². The first-order valence-electron chi connectivity index (χ1n) is 7.07. The first-order valence-corrected chi connectivity index (χ1v) is 8.56. The van der Waals surface area contributed by atoms with Crippen molar-refractivity contribution in [3.63, 3.8) is 0 Å². The number of hydrogen-bond donors (Lipinski definition) is 1. The lowest BCUT2D eigenvalue weighted by Gasteiger charge is -2.28. The average molecular weight is 292 g/mol. The highest BCUT2D eigenvalue weighted by molar-refractivity contribution is 7.89. The maximum Gasteiger partial charge on any atom is 0.240 e. The second-order valence-electron chi connectivity index (χ2n) is 5.40. The molecule has 1 saturated carbocycles. The minimum absolute atomic E-state index is 0.0180. The van der Waals surface area contributed by atoms with Crippen LogP contribution < -0.4 is 4.72 Å². The zero-order chi connectivity index (χ0) is 14.6. The Kier molecular flexibility index (Phi) is 4.79. The van der Waals surface area contributed by atoms with Crippen LogP contribution in [0.25, 0.3) is 0 Å². The van der Waals surface area contributed by atoms with Gasteiger partial charge in [-0.05, 0) is 37.0 Å². The molecule has 1 aromatic carbocycles. The molecule has 1 aliphatic rings. The van der Waals surface area contributed by atoms with Gasteiger partial charge < -0.3 is 0 Å². The van der Waals surface area contributed by atoms with E-state index in [4.69, 9.17) is 5.26 Å². The average Bonchev–Trinajstić information content (AvgIpc) is 2.47. The Balaban J connectivity index is 2.12. The standard InChI is InChI=1S/C15H20N2O2S/c1-2-12-5-3-7-14(9-12)17-20(18,19)15-8-4-6-13(10-15)11-16/h4,6,8,10,12,14,17H,2-3,5,7,9H2,1H3. The van der Waals surface area contributed by atoms with Crippen molar-refractivity contribution in [2.45, 2.75) is 50.0 Å². The maximum absolute atomic E-state index is 12.3. The molecule has 0 radical (unpaired) electrons. The molecule has 20 heavy (non-hydrogen) atoms. The van der Waals surface area contributed by atoms with Crippen molar-refractivity contribution in [3.8, 4) is 6.07 Å². The molecule has 4 nitrogen and oxygen atoms in total. The molecular formula is C15H20N2O2S. The smallest absolute Gasteiger partial charge is 0.208 e. The summed E-state index contributed by atoms with van der Waals surface area (Å²) in [6.45, 7) is 2.15. The van der Waals surface area contributed by atoms with E-state index in [1.807, 2.05) is 6.07 Å². The Morgan fingerprint density at radius 3 is 2.90 bits per heavy atom. The Hall–Kier alpha value is -1.38. The van der Waals surface area contributed by atoms with Crippen molar-refractivity contribution in [3.05, 3.63) is 29.8 Å². The summed E-state index contributed by atoms with van der Waals surface area (Å²) in [6, 6.07) is 8.14. The molecule has 0 bridgehead atoms. The van der Waals surface area contributed by atoms with Crippen molar-refractivity contribution in [2.75, 3.05) is 0 Å². The fourth-order valence-electron chi connectivity index (χ4n) is 2.79. The molecule has 0 heterocycles. The van der Waals surface area contributed by atoms with E-state index >= 15 is 0 Å². The molecule has 108 valence electrons. The fraction of sp³-hybridized carbons (Fsp3) is 0.533. The highest BCUT2D eigenvalue weighted by atomic mass is 32.2. The van der Waals surface area contributed by atoms with Gasteiger partial charge in [-0.2, -0.15) is 5.26 Å². The molecule has 1 aromatic rings. The number of nitrogens with one attached hydrogen (secondary N) is 1. The van der Waals surface area contributed by atoms with E-state index in [9.17, 15) is 8.42 Å². The monoisotopic (exact) mass is 292 g/mol. The number of hydrogen-bond acceptors (Lipinski definition) is 3. The van der Waals surface area contributed by atoms with Crippen LogP contribution in [-0.4, -0.2) is 14.5 Å². The van der Waals surface area contributed by atoms with Crippen LogP contribution >= 0.6 is 0 Å². The molecule has 1 N–H and O–H groups in total. The van der Waals surface area contributed by atoms with Gasteiger partial charge in [0.2, 0.25) is 10.0 Å². The molecule has 0 spiro atoms. The zero-order valence-electron chi connectivity index (χ0n) is 11.7. The van der Waals surface area contributed by atoms with Crippen molar-refractivity contribution >= 4 is 10.0 Å². The van der Waals surface area contributed by atoms with Crippen LogP contribution in [-0.2, 0) is 10.0 Å². The molecule has 2 rings (SSSR count). The van der Waals surface area contributed by atoms with Crippen LogP contribution in [0.3, 0.4) is 0 Å². The summed E-state index contributed by atoms with van der Waals surface area (Å²) in [7, 11) is -3.53. The fourth-order valence-corrected chi connectivity index (χ4v) is 4.12. The van der Waals surface area contributed by atoms with Gasteiger partial charge in [0.25, 0.3) is 0 Å². The summed E-state index contributed by atoms with van der Waals surface area (Å²) in [4.78, 5) is 0.176. The quantitative estimate of drug-likeness (QED) is 0.927. The Labute approximate surface area is 120 Å².